The Kier molecular flexibility index (Phi) is 4.12. The number of fused-ring (bicyclic) bond motifs is 1. The smallest absolute Gasteiger partial charge is 0.261 e. The molecule has 0 amide bonds. The van der Waals surface area contributed by atoms with Gasteiger partial charge in [-0.2, -0.15) is 0 Å². The van der Waals surface area contributed by atoms with Crippen LogP contribution in [-0.4, -0.2) is 9.55 Å². The zero-order chi connectivity index (χ0) is 14.8. The van der Waals surface area contributed by atoms with Crippen LogP contribution in [-0.2, 0) is 12.8 Å². The van der Waals surface area contributed by atoms with Crippen molar-refractivity contribution in [3.8, 4) is 0 Å². The molecule has 0 bridgehead atoms. The normalized spacial score (nSPS) is 11.0. The molecule has 0 spiro atoms. The minimum absolute atomic E-state index is 0.00649. The third-order valence-corrected chi connectivity index (χ3v) is 4.79. The van der Waals surface area contributed by atoms with Gasteiger partial charge in [-0.15, -0.1) is 11.8 Å². The Morgan fingerprint density at radius 2 is 1.86 bits per heavy atom. The summed E-state index contributed by atoms with van der Waals surface area (Å²) in [5, 5.41) is 0.664. The monoisotopic (exact) mass is 360 g/mol. The molecule has 0 aliphatic rings. The van der Waals surface area contributed by atoms with Crippen molar-refractivity contribution in [3.05, 3.63) is 69.2 Å². The van der Waals surface area contributed by atoms with Gasteiger partial charge in [0.1, 0.15) is 5.82 Å². The van der Waals surface area contributed by atoms with Crippen LogP contribution in [0.2, 0.25) is 0 Å². The molecule has 3 rings (SSSR count). The van der Waals surface area contributed by atoms with Crippen LogP contribution in [0, 0.1) is 0 Å². The molecule has 21 heavy (non-hydrogen) atoms. The van der Waals surface area contributed by atoms with E-state index in [-0.39, 0.29) is 5.56 Å². The lowest BCUT2D eigenvalue weighted by atomic mass is 10.2. The first-order valence-electron chi connectivity index (χ1n) is 6.48. The Morgan fingerprint density at radius 3 is 2.62 bits per heavy atom. The van der Waals surface area contributed by atoms with Crippen molar-refractivity contribution in [2.45, 2.75) is 10.6 Å². The third-order valence-electron chi connectivity index (χ3n) is 3.26. The topological polar surface area (TPSA) is 34.9 Å². The molecule has 0 aliphatic heterocycles. The summed E-state index contributed by atoms with van der Waals surface area (Å²) in [5.74, 6) is 1.45. The molecule has 0 aliphatic carbocycles. The number of aromatic nitrogens is 2. The van der Waals surface area contributed by atoms with Crippen LogP contribution in [0.4, 0.5) is 0 Å². The first-order valence-corrected chi connectivity index (χ1v) is 8.26. The molecule has 5 heteroatoms. The summed E-state index contributed by atoms with van der Waals surface area (Å²) in [6.45, 7) is 0. The highest BCUT2D eigenvalue weighted by atomic mass is 79.9. The Balaban J connectivity index is 1.92. The van der Waals surface area contributed by atoms with E-state index in [1.165, 1.54) is 0 Å². The Bertz CT molecular complexity index is 843. The second kappa shape index (κ2) is 6.03. The molecule has 106 valence electrons. The van der Waals surface area contributed by atoms with E-state index in [1.54, 1.807) is 23.4 Å². The van der Waals surface area contributed by atoms with Gasteiger partial charge in [-0.05, 0) is 36.4 Å². The van der Waals surface area contributed by atoms with Gasteiger partial charge in [-0.3, -0.25) is 9.36 Å². The molecule has 2 aromatic carbocycles. The molecule has 0 atom stereocenters. The lowest BCUT2D eigenvalue weighted by Crippen LogP contribution is -2.21. The fourth-order valence-electron chi connectivity index (χ4n) is 2.07. The van der Waals surface area contributed by atoms with Crippen molar-refractivity contribution < 1.29 is 0 Å². The summed E-state index contributed by atoms with van der Waals surface area (Å²) < 4.78 is 2.69. The molecule has 0 saturated carbocycles. The Labute approximate surface area is 135 Å². The zero-order valence-electron chi connectivity index (χ0n) is 11.4. The number of halogens is 1. The Morgan fingerprint density at radius 1 is 1.14 bits per heavy atom. The van der Waals surface area contributed by atoms with Crippen LogP contribution in [0.25, 0.3) is 10.9 Å². The lowest BCUT2D eigenvalue weighted by molar-refractivity contribution is 0.785. The molecule has 0 saturated heterocycles. The highest BCUT2D eigenvalue weighted by molar-refractivity contribution is 9.10. The second-order valence-corrected chi connectivity index (χ2v) is 6.62. The average Bonchev–Trinajstić information content (AvgIpc) is 2.51. The number of nitrogens with zero attached hydrogens (tertiary/aromatic N) is 2. The zero-order valence-corrected chi connectivity index (χ0v) is 13.8. The van der Waals surface area contributed by atoms with Gasteiger partial charge in [-0.25, -0.2) is 4.98 Å². The summed E-state index contributed by atoms with van der Waals surface area (Å²) in [5.41, 5.74) is 0.763. The van der Waals surface area contributed by atoms with Crippen LogP contribution in [0.15, 0.2) is 62.7 Å². The SMILES string of the molecule is Cn1c(CSc2ccc(Br)cc2)nc2ccccc2c1=O. The van der Waals surface area contributed by atoms with E-state index in [2.05, 4.69) is 20.9 Å². The minimum atomic E-state index is 0.00649. The van der Waals surface area contributed by atoms with Crippen molar-refractivity contribution in [1.29, 1.82) is 0 Å². The molecule has 0 N–H and O–H groups in total. The molecule has 0 unspecified atom stereocenters. The van der Waals surface area contributed by atoms with E-state index in [0.717, 1.165) is 20.7 Å². The number of hydrogen-bond acceptors (Lipinski definition) is 3. The summed E-state index contributed by atoms with van der Waals surface area (Å²) in [4.78, 5) is 18.1. The van der Waals surface area contributed by atoms with Gasteiger partial charge >= 0.3 is 0 Å². The quantitative estimate of drug-likeness (QED) is 0.662. The van der Waals surface area contributed by atoms with Crippen LogP contribution in [0.5, 0.6) is 0 Å². The van der Waals surface area contributed by atoms with E-state index in [9.17, 15) is 4.79 Å². The summed E-state index contributed by atoms with van der Waals surface area (Å²) in [6.07, 6.45) is 0. The van der Waals surface area contributed by atoms with Gasteiger partial charge in [0.15, 0.2) is 0 Å². The van der Waals surface area contributed by atoms with Gasteiger partial charge in [0, 0.05) is 16.4 Å². The minimum Gasteiger partial charge on any atom is -0.299 e. The first kappa shape index (κ1) is 14.4. The molecule has 1 heterocycles. The van der Waals surface area contributed by atoms with E-state index < -0.39 is 0 Å². The maximum absolute atomic E-state index is 12.3. The number of benzene rings is 2. The fourth-order valence-corrected chi connectivity index (χ4v) is 3.22. The highest BCUT2D eigenvalue weighted by Gasteiger charge is 2.08. The van der Waals surface area contributed by atoms with Gasteiger partial charge < -0.3 is 0 Å². The van der Waals surface area contributed by atoms with Crippen molar-refractivity contribution in [3.63, 3.8) is 0 Å². The van der Waals surface area contributed by atoms with E-state index >= 15 is 0 Å². The number of hydrogen-bond donors (Lipinski definition) is 0. The molecule has 0 radical (unpaired) electrons. The largest absolute Gasteiger partial charge is 0.299 e. The van der Waals surface area contributed by atoms with Crippen molar-refractivity contribution >= 4 is 38.6 Å². The second-order valence-electron chi connectivity index (χ2n) is 4.65. The van der Waals surface area contributed by atoms with Gasteiger partial charge in [0.2, 0.25) is 0 Å². The van der Waals surface area contributed by atoms with Gasteiger partial charge in [0.05, 0.1) is 16.7 Å². The van der Waals surface area contributed by atoms with E-state index in [4.69, 9.17) is 0 Å². The van der Waals surface area contributed by atoms with Crippen molar-refractivity contribution in [2.75, 3.05) is 0 Å². The third kappa shape index (κ3) is 3.04. The van der Waals surface area contributed by atoms with Crippen molar-refractivity contribution in [2.24, 2.45) is 7.05 Å². The maximum Gasteiger partial charge on any atom is 0.261 e. The average molecular weight is 361 g/mol. The predicted molar refractivity (Wildman–Crippen MR) is 90.7 cm³/mol. The van der Waals surface area contributed by atoms with Crippen LogP contribution in [0.3, 0.4) is 0 Å². The predicted octanol–water partition coefficient (Wildman–Crippen LogP) is 3.99. The fraction of sp³-hybridized carbons (Fsp3) is 0.125. The van der Waals surface area contributed by atoms with Crippen LogP contribution < -0.4 is 5.56 Å². The molecule has 3 nitrogen and oxygen atoms in total. The van der Waals surface area contributed by atoms with Crippen LogP contribution in [0.1, 0.15) is 5.82 Å². The number of rotatable bonds is 3. The molecule has 3 aromatic rings. The van der Waals surface area contributed by atoms with Crippen LogP contribution >= 0.6 is 27.7 Å². The molecular formula is C16H13BrN2OS. The molecule has 0 fully saturated rings. The van der Waals surface area contributed by atoms with E-state index in [0.29, 0.717) is 11.1 Å². The first-order chi connectivity index (χ1) is 10.1. The summed E-state index contributed by atoms with van der Waals surface area (Å²) in [6, 6.07) is 15.6. The Hall–Kier alpha value is -1.59. The maximum atomic E-state index is 12.3. The number of para-hydroxylation sites is 1. The standard InChI is InChI=1S/C16H13BrN2OS/c1-19-15(10-21-12-8-6-11(17)7-9-12)18-14-5-3-2-4-13(14)16(19)20/h2-9H,10H2,1H3. The molecule has 1 aromatic heterocycles. The lowest BCUT2D eigenvalue weighted by Gasteiger charge is -2.09. The summed E-state index contributed by atoms with van der Waals surface area (Å²) >= 11 is 5.09. The van der Waals surface area contributed by atoms with E-state index in [1.807, 2.05) is 48.5 Å². The van der Waals surface area contributed by atoms with Crippen molar-refractivity contribution in [1.82, 2.24) is 9.55 Å². The van der Waals surface area contributed by atoms with Gasteiger partial charge in [0.25, 0.3) is 5.56 Å². The molecular weight excluding hydrogens is 348 g/mol. The summed E-state index contributed by atoms with van der Waals surface area (Å²) in [7, 11) is 1.78. The highest BCUT2D eigenvalue weighted by Crippen LogP contribution is 2.23. The van der Waals surface area contributed by atoms with Gasteiger partial charge in [-0.1, -0.05) is 28.1 Å². The number of thioether (sulfide) groups is 1.